The molecule has 0 saturated carbocycles. The number of carbonyl (C=O) groups excluding carboxylic acids is 1. The number of anilines is 2. The second kappa shape index (κ2) is 9.33. The zero-order chi connectivity index (χ0) is 21.8. The molecule has 0 radical (unpaired) electrons. The Hall–Kier alpha value is -2.49. The van der Waals surface area contributed by atoms with Gasteiger partial charge in [0.1, 0.15) is 5.82 Å². The number of morpholine rings is 1. The monoisotopic (exact) mass is 447 g/mol. The quantitative estimate of drug-likeness (QED) is 0.763. The third-order valence-corrected chi connectivity index (χ3v) is 7.69. The summed E-state index contributed by atoms with van der Waals surface area (Å²) in [6, 6.07) is 13.0. The van der Waals surface area contributed by atoms with E-state index in [4.69, 9.17) is 4.74 Å². The van der Waals surface area contributed by atoms with E-state index in [1.54, 1.807) is 42.5 Å². The van der Waals surface area contributed by atoms with Crippen LogP contribution < -0.4 is 10.2 Å². The van der Waals surface area contributed by atoms with E-state index < -0.39 is 10.0 Å². The number of nitrogens with zero attached hydrogens (tertiary/aromatic N) is 2. The lowest BCUT2D eigenvalue weighted by Crippen LogP contribution is -2.41. The topological polar surface area (TPSA) is 79.0 Å². The highest BCUT2D eigenvalue weighted by Gasteiger charge is 2.32. The summed E-state index contributed by atoms with van der Waals surface area (Å²) in [7, 11) is -3.55. The highest BCUT2D eigenvalue weighted by Crippen LogP contribution is 2.27. The van der Waals surface area contributed by atoms with Crippen LogP contribution in [0.3, 0.4) is 0 Å². The van der Waals surface area contributed by atoms with Crippen molar-refractivity contribution >= 4 is 27.3 Å². The van der Waals surface area contributed by atoms with Gasteiger partial charge in [-0.3, -0.25) is 4.79 Å². The maximum absolute atomic E-state index is 14.6. The van der Waals surface area contributed by atoms with Crippen molar-refractivity contribution in [1.29, 1.82) is 0 Å². The Bertz CT molecular complexity index is 1020. The number of carbonyl (C=O) groups is 1. The number of rotatable bonds is 5. The highest BCUT2D eigenvalue weighted by atomic mass is 32.2. The average molecular weight is 448 g/mol. The lowest BCUT2D eigenvalue weighted by Gasteiger charge is -2.31. The van der Waals surface area contributed by atoms with E-state index in [2.05, 4.69) is 5.32 Å². The molecule has 2 fully saturated rings. The van der Waals surface area contributed by atoms with Gasteiger partial charge in [0.05, 0.1) is 23.8 Å². The first kappa shape index (κ1) is 21.7. The minimum Gasteiger partial charge on any atom is -0.378 e. The molecule has 0 bridgehead atoms. The molecule has 2 heterocycles. The summed E-state index contributed by atoms with van der Waals surface area (Å²) in [6.45, 7) is 2.95. The van der Waals surface area contributed by atoms with Crippen LogP contribution in [-0.2, 0) is 19.6 Å². The average Bonchev–Trinajstić information content (AvgIpc) is 2.80. The molecular weight excluding hydrogens is 421 g/mol. The molecule has 2 aliphatic rings. The van der Waals surface area contributed by atoms with Gasteiger partial charge in [-0.25, -0.2) is 12.8 Å². The van der Waals surface area contributed by atoms with Gasteiger partial charge in [0.2, 0.25) is 15.9 Å². The van der Waals surface area contributed by atoms with Crippen LogP contribution in [0, 0.1) is 11.7 Å². The molecule has 1 amide bonds. The van der Waals surface area contributed by atoms with Crippen LogP contribution in [0.25, 0.3) is 0 Å². The normalized spacial score (nSPS) is 18.7. The number of piperidine rings is 1. The first-order chi connectivity index (χ1) is 14.9. The maximum Gasteiger partial charge on any atom is 0.243 e. The summed E-state index contributed by atoms with van der Waals surface area (Å²) in [6.07, 6.45) is 0.846. The Labute approximate surface area is 181 Å². The van der Waals surface area contributed by atoms with E-state index >= 15 is 0 Å². The second-order valence-electron chi connectivity index (χ2n) is 7.75. The molecule has 0 aliphatic carbocycles. The zero-order valence-corrected chi connectivity index (χ0v) is 18.0. The molecule has 1 N–H and O–H groups in total. The zero-order valence-electron chi connectivity index (χ0n) is 17.2. The standard InChI is InChI=1S/C22H26FN3O4S/c23-20-16-18(6-7-21(20)25-12-14-30-15-13-25)24-22(27)17-8-10-26(11-9-17)31(28,29)19-4-2-1-3-5-19/h1-7,16-17H,8-15H2,(H,24,27). The number of halogens is 1. The van der Waals surface area contributed by atoms with Crippen molar-refractivity contribution in [3.63, 3.8) is 0 Å². The number of benzene rings is 2. The molecule has 31 heavy (non-hydrogen) atoms. The highest BCUT2D eigenvalue weighted by molar-refractivity contribution is 7.89. The summed E-state index contributed by atoms with van der Waals surface area (Å²) < 4.78 is 46.7. The number of hydrogen-bond donors (Lipinski definition) is 1. The molecule has 4 rings (SSSR count). The first-order valence-corrected chi connectivity index (χ1v) is 11.9. The molecule has 0 spiro atoms. The summed E-state index contributed by atoms with van der Waals surface area (Å²) in [4.78, 5) is 14.8. The fourth-order valence-electron chi connectivity index (χ4n) is 3.99. The fraction of sp³-hybridized carbons (Fsp3) is 0.409. The molecule has 2 saturated heterocycles. The van der Waals surface area contributed by atoms with E-state index in [-0.39, 0.29) is 35.6 Å². The molecule has 2 aromatic carbocycles. The smallest absolute Gasteiger partial charge is 0.243 e. The SMILES string of the molecule is O=C(Nc1ccc(N2CCOCC2)c(F)c1)C1CCN(S(=O)(=O)c2ccccc2)CC1. The van der Waals surface area contributed by atoms with E-state index in [0.717, 1.165) is 0 Å². The van der Waals surface area contributed by atoms with Crippen molar-refractivity contribution in [1.82, 2.24) is 4.31 Å². The van der Waals surface area contributed by atoms with Crippen LogP contribution >= 0.6 is 0 Å². The molecule has 0 atom stereocenters. The van der Waals surface area contributed by atoms with Crippen LogP contribution in [0.1, 0.15) is 12.8 Å². The number of amides is 1. The van der Waals surface area contributed by atoms with E-state index in [1.165, 1.54) is 10.4 Å². The maximum atomic E-state index is 14.6. The number of hydrogen-bond acceptors (Lipinski definition) is 5. The Morgan fingerprint density at radius 2 is 1.68 bits per heavy atom. The van der Waals surface area contributed by atoms with E-state index in [9.17, 15) is 17.6 Å². The Morgan fingerprint density at radius 1 is 1.00 bits per heavy atom. The van der Waals surface area contributed by atoms with Crippen LogP contribution in [0.2, 0.25) is 0 Å². The van der Waals surface area contributed by atoms with Crippen molar-refractivity contribution in [2.24, 2.45) is 5.92 Å². The molecule has 7 nitrogen and oxygen atoms in total. The van der Waals surface area contributed by atoms with Gasteiger partial charge in [-0.2, -0.15) is 4.31 Å². The van der Waals surface area contributed by atoms with Crippen LogP contribution in [0.5, 0.6) is 0 Å². The lowest BCUT2D eigenvalue weighted by molar-refractivity contribution is -0.120. The van der Waals surface area contributed by atoms with Gasteiger partial charge < -0.3 is 15.0 Å². The summed E-state index contributed by atoms with van der Waals surface area (Å²) in [5, 5.41) is 2.78. The van der Waals surface area contributed by atoms with Crippen molar-refractivity contribution in [2.75, 3.05) is 49.6 Å². The summed E-state index contributed by atoms with van der Waals surface area (Å²) in [5.41, 5.74) is 0.902. The van der Waals surface area contributed by atoms with Gasteiger partial charge in [0, 0.05) is 37.8 Å². The van der Waals surface area contributed by atoms with Gasteiger partial charge in [-0.1, -0.05) is 18.2 Å². The van der Waals surface area contributed by atoms with Gasteiger partial charge in [-0.05, 0) is 43.2 Å². The van der Waals surface area contributed by atoms with Crippen molar-refractivity contribution in [2.45, 2.75) is 17.7 Å². The summed E-state index contributed by atoms with van der Waals surface area (Å²) >= 11 is 0. The number of sulfonamides is 1. The number of ether oxygens (including phenoxy) is 1. The first-order valence-electron chi connectivity index (χ1n) is 10.4. The Morgan fingerprint density at radius 3 is 2.32 bits per heavy atom. The van der Waals surface area contributed by atoms with Gasteiger partial charge in [0.15, 0.2) is 0 Å². The predicted molar refractivity (Wildman–Crippen MR) is 116 cm³/mol. The second-order valence-corrected chi connectivity index (χ2v) is 9.68. The number of nitrogens with one attached hydrogen (secondary N) is 1. The van der Waals surface area contributed by atoms with E-state index in [0.29, 0.717) is 50.5 Å². The van der Waals surface area contributed by atoms with E-state index in [1.807, 2.05) is 4.90 Å². The minimum atomic E-state index is -3.55. The molecule has 0 unspecified atom stereocenters. The van der Waals surface area contributed by atoms with Crippen LogP contribution in [-0.4, -0.2) is 58.0 Å². The van der Waals surface area contributed by atoms with Crippen LogP contribution in [0.15, 0.2) is 53.4 Å². The van der Waals surface area contributed by atoms with Gasteiger partial charge in [0.25, 0.3) is 0 Å². The summed E-state index contributed by atoms with van der Waals surface area (Å²) in [5.74, 6) is -0.914. The molecule has 0 aromatic heterocycles. The third kappa shape index (κ3) is 4.89. The van der Waals surface area contributed by atoms with Crippen molar-refractivity contribution in [3.05, 3.63) is 54.3 Å². The Balaban J connectivity index is 1.34. The third-order valence-electron chi connectivity index (χ3n) is 5.77. The predicted octanol–water partition coefficient (Wildman–Crippen LogP) is 2.70. The largest absolute Gasteiger partial charge is 0.378 e. The fourth-order valence-corrected chi connectivity index (χ4v) is 5.48. The van der Waals surface area contributed by atoms with Crippen LogP contribution in [0.4, 0.5) is 15.8 Å². The molecule has 166 valence electrons. The molecule has 9 heteroatoms. The Kier molecular flexibility index (Phi) is 6.54. The van der Waals surface area contributed by atoms with Crippen molar-refractivity contribution in [3.8, 4) is 0 Å². The molecule has 2 aromatic rings. The minimum absolute atomic E-state index is 0.213. The van der Waals surface area contributed by atoms with Gasteiger partial charge >= 0.3 is 0 Å². The van der Waals surface area contributed by atoms with Gasteiger partial charge in [-0.15, -0.1) is 0 Å². The molecule has 2 aliphatic heterocycles. The van der Waals surface area contributed by atoms with Crippen molar-refractivity contribution < 1.29 is 22.3 Å². The lowest BCUT2D eigenvalue weighted by atomic mass is 9.97. The molecular formula is C22H26FN3O4S.